The number of hydrogen-bond acceptors (Lipinski definition) is 3. The van der Waals surface area contributed by atoms with Crippen molar-refractivity contribution in [2.75, 3.05) is 22.4 Å². The molecule has 12 heteroatoms. The number of sulfonamides is 1. The number of hydrogen-bond donors (Lipinski definition) is 1. The van der Waals surface area contributed by atoms with Crippen molar-refractivity contribution in [1.29, 1.82) is 0 Å². The van der Waals surface area contributed by atoms with Gasteiger partial charge in [-0.25, -0.2) is 8.42 Å². The molecule has 1 amide bonds. The lowest BCUT2D eigenvalue weighted by Gasteiger charge is -2.22. The first-order chi connectivity index (χ1) is 12.8. The Morgan fingerprint density at radius 3 is 2.14 bits per heavy atom. The topological polar surface area (TPSA) is 66.5 Å². The highest BCUT2D eigenvalue weighted by Crippen LogP contribution is 2.34. The van der Waals surface area contributed by atoms with Crippen molar-refractivity contribution in [1.82, 2.24) is 0 Å². The predicted molar refractivity (Wildman–Crippen MR) is 104 cm³/mol. The van der Waals surface area contributed by atoms with Gasteiger partial charge in [-0.1, -0.05) is 34.8 Å². The van der Waals surface area contributed by atoms with E-state index in [9.17, 15) is 26.4 Å². The van der Waals surface area contributed by atoms with Crippen LogP contribution in [0.2, 0.25) is 15.1 Å². The maximum Gasteiger partial charge on any atom is 0.416 e. The molecule has 0 fully saturated rings. The largest absolute Gasteiger partial charge is 0.416 e. The van der Waals surface area contributed by atoms with Gasteiger partial charge >= 0.3 is 6.18 Å². The van der Waals surface area contributed by atoms with E-state index in [2.05, 4.69) is 5.32 Å². The van der Waals surface area contributed by atoms with Gasteiger partial charge in [-0.05, 0) is 36.4 Å². The van der Waals surface area contributed by atoms with Crippen molar-refractivity contribution in [2.24, 2.45) is 0 Å². The number of carbonyl (C=O) groups excluding carboxylic acids is 1. The van der Waals surface area contributed by atoms with Crippen LogP contribution in [0.15, 0.2) is 36.4 Å². The van der Waals surface area contributed by atoms with E-state index in [0.717, 1.165) is 18.4 Å². The summed E-state index contributed by atoms with van der Waals surface area (Å²) >= 11 is 17.5. The van der Waals surface area contributed by atoms with Gasteiger partial charge in [0.2, 0.25) is 15.9 Å². The van der Waals surface area contributed by atoms with Crippen molar-refractivity contribution < 1.29 is 26.4 Å². The first kappa shape index (κ1) is 22.6. The van der Waals surface area contributed by atoms with Gasteiger partial charge in [0.05, 0.1) is 28.2 Å². The van der Waals surface area contributed by atoms with Gasteiger partial charge in [0.1, 0.15) is 6.54 Å². The minimum absolute atomic E-state index is 0.0188. The molecule has 5 nitrogen and oxygen atoms in total. The minimum atomic E-state index is -4.64. The van der Waals surface area contributed by atoms with Crippen LogP contribution in [0.4, 0.5) is 24.5 Å². The molecule has 152 valence electrons. The second-order valence-electron chi connectivity index (χ2n) is 5.64. The fourth-order valence-corrected chi connectivity index (χ4v) is 3.72. The van der Waals surface area contributed by atoms with Gasteiger partial charge in [0.25, 0.3) is 0 Å². The van der Waals surface area contributed by atoms with Gasteiger partial charge in [0, 0.05) is 10.0 Å². The van der Waals surface area contributed by atoms with Crippen molar-refractivity contribution in [2.45, 2.75) is 6.18 Å². The smallest absolute Gasteiger partial charge is 0.323 e. The van der Waals surface area contributed by atoms with Gasteiger partial charge in [-0.15, -0.1) is 0 Å². The number of rotatable bonds is 5. The number of carbonyl (C=O) groups is 1. The van der Waals surface area contributed by atoms with E-state index >= 15 is 0 Å². The number of halogens is 6. The van der Waals surface area contributed by atoms with Gasteiger partial charge in [-0.2, -0.15) is 13.2 Å². The Morgan fingerprint density at radius 1 is 1.07 bits per heavy atom. The molecule has 1 N–H and O–H groups in total. The molecule has 0 radical (unpaired) electrons. The standard InChI is InChI=1S/C16H12Cl3F3N2O3S/c1-28(26,27)24(12-6-10(17)5-11(18)7-12)8-15(25)23-14-4-9(16(20,21)22)2-3-13(14)19/h2-7H,8H2,1H3,(H,23,25). The van der Waals surface area contributed by atoms with Crippen LogP contribution in [-0.2, 0) is 21.0 Å². The van der Waals surface area contributed by atoms with Crippen LogP contribution in [0.3, 0.4) is 0 Å². The summed E-state index contributed by atoms with van der Waals surface area (Å²) in [5.41, 5.74) is -1.31. The number of nitrogens with zero attached hydrogens (tertiary/aromatic N) is 1. The predicted octanol–water partition coefficient (Wildman–Crippen LogP) is 5.07. The molecule has 0 aromatic heterocycles. The molecule has 0 bridgehead atoms. The summed E-state index contributed by atoms with van der Waals surface area (Å²) in [4.78, 5) is 12.3. The fourth-order valence-electron chi connectivity index (χ4n) is 2.20. The molecule has 0 aliphatic heterocycles. The Hall–Kier alpha value is -1.68. The summed E-state index contributed by atoms with van der Waals surface area (Å²) in [5, 5.41) is 2.31. The lowest BCUT2D eigenvalue weighted by Crippen LogP contribution is -2.37. The molecule has 2 rings (SSSR count). The zero-order valence-electron chi connectivity index (χ0n) is 14.0. The molecule has 0 saturated heterocycles. The molecule has 28 heavy (non-hydrogen) atoms. The zero-order chi connectivity index (χ0) is 21.3. The van der Waals surface area contributed by atoms with Crippen LogP contribution in [-0.4, -0.2) is 27.1 Å². The Morgan fingerprint density at radius 2 is 1.64 bits per heavy atom. The lowest BCUT2D eigenvalue weighted by atomic mass is 10.2. The highest BCUT2D eigenvalue weighted by Gasteiger charge is 2.31. The summed E-state index contributed by atoms with van der Waals surface area (Å²) in [6, 6.07) is 6.31. The Kier molecular flexibility index (Phi) is 6.75. The van der Waals surface area contributed by atoms with E-state index in [0.29, 0.717) is 10.4 Å². The number of nitrogens with one attached hydrogen (secondary N) is 1. The number of benzene rings is 2. The summed E-state index contributed by atoms with van der Waals surface area (Å²) in [5.74, 6) is -0.914. The lowest BCUT2D eigenvalue weighted by molar-refractivity contribution is -0.137. The Balaban J connectivity index is 2.31. The minimum Gasteiger partial charge on any atom is -0.323 e. The quantitative estimate of drug-likeness (QED) is 0.656. The third-order valence-electron chi connectivity index (χ3n) is 3.39. The normalized spacial score (nSPS) is 12.0. The van der Waals surface area contributed by atoms with E-state index in [1.165, 1.54) is 18.2 Å². The highest BCUT2D eigenvalue weighted by molar-refractivity contribution is 7.92. The molecule has 2 aromatic carbocycles. The van der Waals surface area contributed by atoms with Crippen molar-refractivity contribution >= 4 is 62.1 Å². The average Bonchev–Trinajstić information content (AvgIpc) is 2.51. The zero-order valence-corrected chi connectivity index (χ0v) is 17.1. The molecule has 0 saturated carbocycles. The van der Waals surface area contributed by atoms with Crippen molar-refractivity contribution in [3.05, 3.63) is 57.0 Å². The van der Waals surface area contributed by atoms with E-state index in [-0.39, 0.29) is 26.4 Å². The summed E-state index contributed by atoms with van der Waals surface area (Å²) in [6.45, 7) is -0.734. The van der Waals surface area contributed by atoms with Crippen LogP contribution >= 0.6 is 34.8 Å². The van der Waals surface area contributed by atoms with E-state index in [1.54, 1.807) is 0 Å². The molecular weight excluding hydrogens is 464 g/mol. The van der Waals surface area contributed by atoms with Crippen LogP contribution in [0.1, 0.15) is 5.56 Å². The van der Waals surface area contributed by atoms with Crippen LogP contribution in [0.25, 0.3) is 0 Å². The molecule has 0 unspecified atom stereocenters. The van der Waals surface area contributed by atoms with E-state index < -0.39 is 34.2 Å². The van der Waals surface area contributed by atoms with Crippen LogP contribution < -0.4 is 9.62 Å². The van der Waals surface area contributed by atoms with Gasteiger partial charge in [0.15, 0.2) is 0 Å². The first-order valence-electron chi connectivity index (χ1n) is 7.38. The molecule has 0 spiro atoms. The molecule has 2 aromatic rings. The SMILES string of the molecule is CS(=O)(=O)N(CC(=O)Nc1cc(C(F)(F)F)ccc1Cl)c1cc(Cl)cc(Cl)c1. The van der Waals surface area contributed by atoms with E-state index in [1.807, 2.05) is 0 Å². The maximum atomic E-state index is 12.8. The first-order valence-corrected chi connectivity index (χ1v) is 10.4. The molecule has 0 heterocycles. The van der Waals surface area contributed by atoms with E-state index in [4.69, 9.17) is 34.8 Å². The maximum absolute atomic E-state index is 12.8. The summed E-state index contributed by atoms with van der Waals surface area (Å²) in [7, 11) is -3.94. The fraction of sp³-hybridized carbons (Fsp3) is 0.188. The monoisotopic (exact) mass is 474 g/mol. The van der Waals surface area contributed by atoms with Crippen LogP contribution in [0, 0.1) is 0 Å². The Bertz CT molecular complexity index is 994. The third-order valence-corrected chi connectivity index (χ3v) is 5.30. The van der Waals surface area contributed by atoms with Crippen molar-refractivity contribution in [3.8, 4) is 0 Å². The Labute approximate surface area is 174 Å². The molecule has 0 aliphatic carbocycles. The van der Waals surface area contributed by atoms with Gasteiger partial charge in [-0.3, -0.25) is 9.10 Å². The second kappa shape index (κ2) is 8.36. The second-order valence-corrected chi connectivity index (χ2v) is 8.82. The van der Waals surface area contributed by atoms with Crippen LogP contribution in [0.5, 0.6) is 0 Å². The highest BCUT2D eigenvalue weighted by atomic mass is 35.5. The van der Waals surface area contributed by atoms with Gasteiger partial charge < -0.3 is 5.32 Å². The average molecular weight is 476 g/mol. The molecular formula is C16H12Cl3F3N2O3S. The number of anilines is 2. The summed E-state index contributed by atoms with van der Waals surface area (Å²) in [6.07, 6.45) is -3.78. The number of amides is 1. The molecule has 0 aliphatic rings. The molecule has 0 atom stereocenters. The number of alkyl halides is 3. The summed E-state index contributed by atoms with van der Waals surface area (Å²) < 4.78 is 63.4. The van der Waals surface area contributed by atoms with Crippen molar-refractivity contribution in [3.63, 3.8) is 0 Å². The third kappa shape index (κ3) is 5.91.